The molecule has 0 fully saturated rings. The van der Waals surface area contributed by atoms with Gasteiger partial charge in [0.05, 0.1) is 0 Å². The number of nitrogens with one attached hydrogen (secondary N) is 1. The van der Waals surface area contributed by atoms with Gasteiger partial charge in [-0.2, -0.15) is 13.2 Å². The number of anilines is 1. The molecule has 174 valence electrons. The lowest BCUT2D eigenvalue weighted by Gasteiger charge is -2.33. The molecule has 4 nitrogen and oxygen atoms in total. The number of hydrogen-bond acceptors (Lipinski definition) is 3. The lowest BCUT2D eigenvalue weighted by molar-refractivity contribution is -0.141. The van der Waals surface area contributed by atoms with E-state index in [0.717, 1.165) is 22.9 Å². The van der Waals surface area contributed by atoms with Gasteiger partial charge >= 0.3 is 6.18 Å². The van der Waals surface area contributed by atoms with E-state index >= 15 is 0 Å². The van der Waals surface area contributed by atoms with Crippen LogP contribution in [0.4, 0.5) is 18.9 Å². The Balaban J connectivity index is 1.87. The zero-order chi connectivity index (χ0) is 24.0. The first-order valence-electron chi connectivity index (χ1n) is 10.5. The fraction of sp³-hybridized carbons (Fsp3) is 0.280. The van der Waals surface area contributed by atoms with Crippen LogP contribution in [0.3, 0.4) is 0 Å². The maximum absolute atomic E-state index is 12.9. The third-order valence-corrected chi connectivity index (χ3v) is 5.80. The van der Waals surface area contributed by atoms with Crippen LogP contribution in [0.5, 0.6) is 0 Å². The molecule has 33 heavy (non-hydrogen) atoms. The molecular weight excluding hydrogens is 451 g/mol. The number of hydrogen-bond donors (Lipinski definition) is 1. The first-order chi connectivity index (χ1) is 15.7. The van der Waals surface area contributed by atoms with Gasteiger partial charge in [-0.3, -0.25) is 9.78 Å². The number of carbonyl (C=O) groups excluding carboxylic acids is 1. The van der Waals surface area contributed by atoms with Crippen LogP contribution in [-0.2, 0) is 17.4 Å². The van der Waals surface area contributed by atoms with Crippen LogP contribution < -0.4 is 10.2 Å². The summed E-state index contributed by atoms with van der Waals surface area (Å²) in [5.41, 5.74) is 2.34. The molecule has 0 saturated carbocycles. The van der Waals surface area contributed by atoms with Gasteiger partial charge in [-0.1, -0.05) is 48.0 Å². The Morgan fingerprint density at radius 2 is 1.85 bits per heavy atom. The molecule has 1 N–H and O–H groups in total. The third-order valence-electron chi connectivity index (χ3n) is 5.37. The van der Waals surface area contributed by atoms with E-state index in [4.69, 9.17) is 11.6 Å². The number of amides is 1. The number of alkyl halides is 3. The Labute approximate surface area is 196 Å². The summed E-state index contributed by atoms with van der Waals surface area (Å²) in [5.74, 6) is -0.162. The smallest absolute Gasteiger partial charge is 0.357 e. The summed E-state index contributed by atoms with van der Waals surface area (Å²) >= 11 is 6.22. The number of rotatable bonds is 8. The summed E-state index contributed by atoms with van der Waals surface area (Å²) in [4.78, 5) is 18.5. The molecule has 8 heteroatoms. The number of aryl methyl sites for hydroxylation is 2. The molecule has 0 saturated heterocycles. The van der Waals surface area contributed by atoms with Crippen molar-refractivity contribution < 1.29 is 18.0 Å². The second-order valence-electron chi connectivity index (χ2n) is 7.71. The predicted molar refractivity (Wildman–Crippen MR) is 124 cm³/mol. The second-order valence-corrected chi connectivity index (χ2v) is 8.11. The van der Waals surface area contributed by atoms with Crippen molar-refractivity contribution in [3.63, 3.8) is 0 Å². The Hall–Kier alpha value is -3.06. The minimum absolute atomic E-state index is 0.162. The number of likely N-dealkylation sites (N-methyl/N-ethyl adjacent to an activating group) is 1. The fourth-order valence-corrected chi connectivity index (χ4v) is 3.77. The Kier molecular flexibility index (Phi) is 7.97. The third kappa shape index (κ3) is 6.26. The van der Waals surface area contributed by atoms with Crippen molar-refractivity contribution in [3.8, 4) is 0 Å². The summed E-state index contributed by atoms with van der Waals surface area (Å²) in [6, 6.07) is 16.9. The van der Waals surface area contributed by atoms with Crippen LogP contribution in [0, 0.1) is 6.92 Å². The van der Waals surface area contributed by atoms with Crippen LogP contribution >= 0.6 is 11.6 Å². The first-order valence-corrected chi connectivity index (χ1v) is 10.9. The average molecular weight is 476 g/mol. The monoisotopic (exact) mass is 475 g/mol. The summed E-state index contributed by atoms with van der Waals surface area (Å²) < 4.78 is 38.3. The highest BCUT2D eigenvalue weighted by Gasteiger charge is 2.32. The predicted octanol–water partition coefficient (Wildman–Crippen LogP) is 5.99. The minimum atomic E-state index is -4.46. The summed E-state index contributed by atoms with van der Waals surface area (Å²) in [6.45, 7) is 2.39. The van der Waals surface area contributed by atoms with Crippen LogP contribution in [0.25, 0.3) is 0 Å². The minimum Gasteiger partial charge on any atom is -0.357 e. The lowest BCUT2D eigenvalue weighted by Crippen LogP contribution is -2.40. The molecule has 0 bridgehead atoms. The molecule has 0 aliphatic heterocycles. The van der Waals surface area contributed by atoms with E-state index in [1.165, 1.54) is 12.3 Å². The molecule has 0 spiro atoms. The normalized spacial score (nSPS) is 12.3. The number of pyridine rings is 1. The highest BCUT2D eigenvalue weighted by atomic mass is 35.5. The van der Waals surface area contributed by atoms with Gasteiger partial charge in [0, 0.05) is 30.5 Å². The first kappa shape index (κ1) is 24.6. The maximum atomic E-state index is 12.9. The molecule has 0 aliphatic rings. The highest BCUT2D eigenvalue weighted by molar-refractivity contribution is 6.31. The molecular formula is C25H25ClF3N3O. The molecule has 1 amide bonds. The van der Waals surface area contributed by atoms with Crippen LogP contribution in [-0.4, -0.2) is 24.5 Å². The van der Waals surface area contributed by atoms with Crippen molar-refractivity contribution in [3.05, 3.63) is 94.3 Å². The van der Waals surface area contributed by atoms with Crippen molar-refractivity contribution in [1.29, 1.82) is 0 Å². The quantitative estimate of drug-likeness (QED) is 0.435. The molecule has 0 radical (unpaired) electrons. The Morgan fingerprint density at radius 3 is 2.42 bits per heavy atom. The fourth-order valence-electron chi connectivity index (χ4n) is 3.65. The summed E-state index contributed by atoms with van der Waals surface area (Å²) in [5, 5.41) is 3.38. The van der Waals surface area contributed by atoms with Gasteiger partial charge in [0.1, 0.15) is 11.7 Å². The number of nitrogens with zero attached hydrogens (tertiary/aromatic N) is 2. The van der Waals surface area contributed by atoms with Crippen molar-refractivity contribution in [2.24, 2.45) is 0 Å². The van der Waals surface area contributed by atoms with Gasteiger partial charge in [-0.15, -0.1) is 0 Å². The van der Waals surface area contributed by atoms with Gasteiger partial charge < -0.3 is 10.2 Å². The van der Waals surface area contributed by atoms with Crippen LogP contribution in [0.2, 0.25) is 5.02 Å². The lowest BCUT2D eigenvalue weighted by atomic mass is 10.0. The second kappa shape index (κ2) is 10.7. The van der Waals surface area contributed by atoms with E-state index in [-0.39, 0.29) is 5.91 Å². The van der Waals surface area contributed by atoms with Gasteiger partial charge in [-0.05, 0) is 60.7 Å². The van der Waals surface area contributed by atoms with Gasteiger partial charge in [0.25, 0.3) is 0 Å². The zero-order valence-electron chi connectivity index (χ0n) is 18.4. The van der Waals surface area contributed by atoms with E-state index in [1.54, 1.807) is 13.1 Å². The van der Waals surface area contributed by atoms with Crippen LogP contribution in [0.15, 0.2) is 66.9 Å². The Morgan fingerprint density at radius 1 is 1.12 bits per heavy atom. The molecule has 2 aromatic carbocycles. The van der Waals surface area contributed by atoms with Gasteiger partial charge in [0.2, 0.25) is 5.91 Å². The zero-order valence-corrected chi connectivity index (χ0v) is 19.1. The van der Waals surface area contributed by atoms with Crippen LogP contribution in [0.1, 0.15) is 34.8 Å². The topological polar surface area (TPSA) is 45.2 Å². The molecule has 3 rings (SSSR count). The van der Waals surface area contributed by atoms with Crippen molar-refractivity contribution >= 4 is 23.2 Å². The SMILES string of the molecule is CNC(=O)C(c1ccccc1)N(CCCc1ccc(C(F)(F)F)nc1)c1ccc(Cl)c(C)c1. The molecule has 0 aliphatic carbocycles. The van der Waals surface area contributed by atoms with Gasteiger partial charge in [0.15, 0.2) is 0 Å². The highest BCUT2D eigenvalue weighted by Crippen LogP contribution is 2.31. The van der Waals surface area contributed by atoms with E-state index in [2.05, 4.69) is 10.3 Å². The summed E-state index contributed by atoms with van der Waals surface area (Å²) in [6.07, 6.45) is -2.08. The van der Waals surface area contributed by atoms with E-state index in [9.17, 15) is 18.0 Å². The molecule has 1 atom stereocenters. The van der Waals surface area contributed by atoms with Gasteiger partial charge in [-0.25, -0.2) is 0 Å². The number of aromatic nitrogens is 1. The van der Waals surface area contributed by atoms with E-state index in [1.807, 2.05) is 54.3 Å². The number of carbonyl (C=O) groups is 1. The van der Waals surface area contributed by atoms with Crippen molar-refractivity contribution in [2.45, 2.75) is 32.0 Å². The molecule has 1 heterocycles. The number of halogens is 4. The summed E-state index contributed by atoms with van der Waals surface area (Å²) in [7, 11) is 1.59. The van der Waals surface area contributed by atoms with Crippen molar-refractivity contribution in [1.82, 2.24) is 10.3 Å². The average Bonchev–Trinajstić information content (AvgIpc) is 2.80. The Bertz CT molecular complexity index is 1070. The standard InChI is InChI=1S/C25H25ClF3N3O/c1-17-15-20(11-12-21(17)26)32(23(24(33)30-2)19-8-4-3-5-9-19)14-6-7-18-10-13-22(31-16-18)25(27,28)29/h3-5,8-13,15-16,23H,6-7,14H2,1-2H3,(H,30,33). The largest absolute Gasteiger partial charge is 0.433 e. The molecule has 3 aromatic rings. The molecule has 1 aromatic heterocycles. The number of benzene rings is 2. The van der Waals surface area contributed by atoms with E-state index < -0.39 is 17.9 Å². The maximum Gasteiger partial charge on any atom is 0.433 e. The van der Waals surface area contributed by atoms with Crippen molar-refractivity contribution in [2.75, 3.05) is 18.5 Å². The molecule has 1 unspecified atom stereocenters. The van der Waals surface area contributed by atoms with E-state index in [0.29, 0.717) is 30.0 Å².